The van der Waals surface area contributed by atoms with E-state index >= 15 is 0 Å². The Balaban J connectivity index is 2.77. The lowest BCUT2D eigenvalue weighted by Crippen LogP contribution is -2.33. The van der Waals surface area contributed by atoms with E-state index in [0.717, 1.165) is 24.6 Å². The minimum atomic E-state index is -1.18. The molecule has 1 amide bonds. The molecule has 0 spiro atoms. The first kappa shape index (κ1) is 17.2. The summed E-state index contributed by atoms with van der Waals surface area (Å²) in [7, 11) is 0. The van der Waals surface area contributed by atoms with E-state index in [1.807, 2.05) is 13.8 Å². The Kier molecular flexibility index (Phi) is 6.41. The van der Waals surface area contributed by atoms with Crippen molar-refractivity contribution in [2.45, 2.75) is 44.7 Å². The number of hydrogen-bond donors (Lipinski definition) is 3. The number of amides is 1. The lowest BCUT2D eigenvalue weighted by molar-refractivity contribution is -0.119. The highest BCUT2D eigenvalue weighted by atomic mass is 32.2. The fourth-order valence-electron chi connectivity index (χ4n) is 1.87. The van der Waals surface area contributed by atoms with Gasteiger partial charge >= 0.3 is 11.7 Å². The number of H-pyrrole nitrogens is 1. The molecule has 1 unspecified atom stereocenters. The van der Waals surface area contributed by atoms with E-state index < -0.39 is 11.7 Å². The third-order valence-electron chi connectivity index (χ3n) is 2.77. The van der Waals surface area contributed by atoms with E-state index in [1.54, 1.807) is 0 Å². The Labute approximate surface area is 126 Å². The molecule has 8 heteroatoms. The molecule has 0 aliphatic carbocycles. The van der Waals surface area contributed by atoms with Gasteiger partial charge < -0.3 is 15.4 Å². The summed E-state index contributed by atoms with van der Waals surface area (Å²) in [4.78, 5) is 40.2. The monoisotopic (exact) mass is 313 g/mol. The third kappa shape index (κ3) is 5.22. The van der Waals surface area contributed by atoms with Gasteiger partial charge in [-0.15, -0.1) is 0 Å². The zero-order valence-corrected chi connectivity index (χ0v) is 13.0. The number of aromatic nitrogens is 2. The molecule has 0 saturated carbocycles. The summed E-state index contributed by atoms with van der Waals surface area (Å²) in [6.07, 6.45) is 1.84. The molecule has 0 saturated heterocycles. The highest BCUT2D eigenvalue weighted by Gasteiger charge is 2.18. The summed E-state index contributed by atoms with van der Waals surface area (Å²) in [5.41, 5.74) is -0.474. The minimum Gasteiger partial charge on any atom is -0.478 e. The summed E-state index contributed by atoms with van der Waals surface area (Å²) in [6, 6.07) is 0.0657. The second-order valence-electron chi connectivity index (χ2n) is 4.70. The van der Waals surface area contributed by atoms with E-state index in [2.05, 4.69) is 15.3 Å². The molecule has 21 heavy (non-hydrogen) atoms. The van der Waals surface area contributed by atoms with Crippen molar-refractivity contribution in [2.24, 2.45) is 0 Å². The number of carbonyl (C=O) groups excluding carboxylic acids is 1. The number of nitrogens with zero attached hydrogens (tertiary/aromatic N) is 1. The summed E-state index contributed by atoms with van der Waals surface area (Å²) in [6.45, 7) is 5.42. The maximum Gasteiger partial charge on any atom is 0.346 e. The number of carboxylic acid groups (broad SMARTS) is 1. The predicted octanol–water partition coefficient (Wildman–Crippen LogP) is 1.17. The van der Waals surface area contributed by atoms with Gasteiger partial charge in [0, 0.05) is 11.7 Å². The first-order valence-electron chi connectivity index (χ1n) is 6.61. The minimum absolute atomic E-state index is 0.0181. The van der Waals surface area contributed by atoms with Crippen LogP contribution in [0.1, 0.15) is 42.7 Å². The molecule has 1 heterocycles. The maximum atomic E-state index is 11.8. The lowest BCUT2D eigenvalue weighted by atomic mass is 10.2. The molecule has 0 fully saturated rings. The van der Waals surface area contributed by atoms with Crippen molar-refractivity contribution in [1.29, 1.82) is 0 Å². The Morgan fingerprint density at radius 2 is 2.14 bits per heavy atom. The fraction of sp³-hybridized carbons (Fsp3) is 0.538. The van der Waals surface area contributed by atoms with Crippen LogP contribution in [0, 0.1) is 6.92 Å². The highest BCUT2D eigenvalue weighted by molar-refractivity contribution is 8.00. The second kappa shape index (κ2) is 7.82. The van der Waals surface area contributed by atoms with Crippen LogP contribution in [0.4, 0.5) is 0 Å². The van der Waals surface area contributed by atoms with Gasteiger partial charge in [0.15, 0.2) is 0 Å². The van der Waals surface area contributed by atoms with Gasteiger partial charge in [-0.1, -0.05) is 25.1 Å². The number of aromatic amines is 1. The van der Waals surface area contributed by atoms with Crippen molar-refractivity contribution in [3.63, 3.8) is 0 Å². The highest BCUT2D eigenvalue weighted by Crippen LogP contribution is 2.20. The Morgan fingerprint density at radius 3 is 2.71 bits per heavy atom. The molecule has 1 aromatic rings. The van der Waals surface area contributed by atoms with Gasteiger partial charge in [-0.3, -0.25) is 4.79 Å². The van der Waals surface area contributed by atoms with Crippen LogP contribution < -0.4 is 11.0 Å². The second-order valence-corrected chi connectivity index (χ2v) is 5.66. The Hall–Kier alpha value is -1.83. The van der Waals surface area contributed by atoms with E-state index in [0.29, 0.717) is 0 Å². The van der Waals surface area contributed by atoms with Gasteiger partial charge in [0.1, 0.15) is 10.6 Å². The van der Waals surface area contributed by atoms with Crippen molar-refractivity contribution < 1.29 is 14.7 Å². The van der Waals surface area contributed by atoms with E-state index in [-0.39, 0.29) is 34.0 Å². The first-order valence-corrected chi connectivity index (χ1v) is 7.60. The van der Waals surface area contributed by atoms with Gasteiger partial charge in [-0.05, 0) is 20.3 Å². The molecular weight excluding hydrogens is 294 g/mol. The predicted molar refractivity (Wildman–Crippen MR) is 79.8 cm³/mol. The third-order valence-corrected chi connectivity index (χ3v) is 3.74. The van der Waals surface area contributed by atoms with Crippen LogP contribution in [0.15, 0.2) is 9.82 Å². The number of nitrogens with one attached hydrogen (secondary N) is 2. The molecular formula is C13H19N3O4S. The van der Waals surface area contributed by atoms with Crippen LogP contribution in [0.2, 0.25) is 0 Å². The summed E-state index contributed by atoms with van der Waals surface area (Å²) < 4.78 is 0. The zero-order valence-electron chi connectivity index (χ0n) is 12.2. The number of thioether (sulfide) groups is 1. The van der Waals surface area contributed by atoms with Gasteiger partial charge in [-0.2, -0.15) is 4.98 Å². The van der Waals surface area contributed by atoms with Crippen LogP contribution in [-0.4, -0.2) is 38.7 Å². The van der Waals surface area contributed by atoms with Crippen molar-refractivity contribution in [1.82, 2.24) is 15.3 Å². The van der Waals surface area contributed by atoms with Gasteiger partial charge in [0.05, 0.1) is 5.75 Å². The topological polar surface area (TPSA) is 112 Å². The largest absolute Gasteiger partial charge is 0.478 e. The molecule has 116 valence electrons. The molecule has 3 N–H and O–H groups in total. The molecule has 0 bridgehead atoms. The maximum absolute atomic E-state index is 11.8. The smallest absolute Gasteiger partial charge is 0.346 e. The number of rotatable bonds is 7. The van der Waals surface area contributed by atoms with Gasteiger partial charge in [0.2, 0.25) is 5.91 Å². The summed E-state index contributed by atoms with van der Waals surface area (Å²) in [5, 5.41) is 12.0. The standard InChI is InChI=1S/C13H19N3O4S/c1-4-5-7(2)14-9(17)6-21-11-10(12(18)19)8(3)15-13(20)16-11/h7H,4-6H2,1-3H3,(H,14,17)(H,18,19)(H,15,16,20). The number of aromatic carboxylic acids is 1. The first-order chi connectivity index (χ1) is 9.85. The number of carboxylic acids is 1. The van der Waals surface area contributed by atoms with Crippen LogP contribution in [0.3, 0.4) is 0 Å². The van der Waals surface area contributed by atoms with Gasteiger partial charge in [0.25, 0.3) is 0 Å². The molecule has 7 nitrogen and oxygen atoms in total. The average Bonchev–Trinajstić information content (AvgIpc) is 2.35. The lowest BCUT2D eigenvalue weighted by Gasteiger charge is -2.12. The number of aryl methyl sites for hydroxylation is 1. The van der Waals surface area contributed by atoms with Crippen molar-refractivity contribution in [2.75, 3.05) is 5.75 Å². The molecule has 0 aliphatic rings. The average molecular weight is 313 g/mol. The normalized spacial score (nSPS) is 12.0. The number of carbonyl (C=O) groups is 2. The Morgan fingerprint density at radius 1 is 1.48 bits per heavy atom. The van der Waals surface area contributed by atoms with Crippen molar-refractivity contribution >= 4 is 23.6 Å². The molecule has 0 aromatic carbocycles. The SMILES string of the molecule is CCCC(C)NC(=O)CSc1nc(=O)[nH]c(C)c1C(=O)O. The Bertz CT molecular complexity index is 585. The van der Waals surface area contributed by atoms with Crippen LogP contribution in [0.25, 0.3) is 0 Å². The van der Waals surface area contributed by atoms with Crippen LogP contribution >= 0.6 is 11.8 Å². The van der Waals surface area contributed by atoms with E-state index in [1.165, 1.54) is 6.92 Å². The molecule has 1 rings (SSSR count). The van der Waals surface area contributed by atoms with Gasteiger partial charge in [-0.25, -0.2) is 9.59 Å². The van der Waals surface area contributed by atoms with Crippen LogP contribution in [-0.2, 0) is 4.79 Å². The zero-order chi connectivity index (χ0) is 16.0. The van der Waals surface area contributed by atoms with E-state index in [4.69, 9.17) is 5.11 Å². The summed E-state index contributed by atoms with van der Waals surface area (Å²) >= 11 is 0.948. The van der Waals surface area contributed by atoms with Crippen LogP contribution in [0.5, 0.6) is 0 Å². The van der Waals surface area contributed by atoms with E-state index in [9.17, 15) is 14.4 Å². The number of hydrogen-bond acceptors (Lipinski definition) is 5. The molecule has 1 aromatic heterocycles. The molecule has 0 aliphatic heterocycles. The fourth-order valence-corrected chi connectivity index (χ4v) is 2.75. The molecule has 1 atom stereocenters. The molecule has 0 radical (unpaired) electrons. The van der Waals surface area contributed by atoms with Crippen molar-refractivity contribution in [3.05, 3.63) is 21.7 Å². The quantitative estimate of drug-likeness (QED) is 0.514. The summed E-state index contributed by atoms with van der Waals surface area (Å²) in [5.74, 6) is -1.37. The van der Waals surface area contributed by atoms with Crippen molar-refractivity contribution in [3.8, 4) is 0 Å².